The molecule has 80 valence electrons. The fourth-order valence-corrected chi connectivity index (χ4v) is 0.973. The van der Waals surface area contributed by atoms with E-state index < -0.39 is 6.10 Å². The van der Waals surface area contributed by atoms with Crippen LogP contribution in [0.3, 0.4) is 0 Å². The van der Waals surface area contributed by atoms with E-state index in [1.54, 1.807) is 0 Å². The minimum Gasteiger partial charge on any atom is -1.00 e. The Morgan fingerprint density at radius 2 is 1.92 bits per heavy atom. The largest absolute Gasteiger partial charge is 1.00 e. The van der Waals surface area contributed by atoms with Gasteiger partial charge < -0.3 is 31.3 Å². The molecule has 0 fully saturated rings. The summed E-state index contributed by atoms with van der Waals surface area (Å²) in [6, 6.07) is 0. The smallest absolute Gasteiger partial charge is 0.308 e. The summed E-state index contributed by atoms with van der Waals surface area (Å²) < 4.78 is 5.07. The van der Waals surface area contributed by atoms with Crippen LogP contribution in [0.2, 0.25) is 0 Å². The Morgan fingerprint density at radius 1 is 1.46 bits per heavy atom. The highest BCUT2D eigenvalue weighted by atomic mass is 79.9. The molecule has 4 nitrogen and oxygen atoms in total. The summed E-state index contributed by atoms with van der Waals surface area (Å²) >= 11 is 0. The Kier molecular flexibility index (Phi) is 7.49. The topological polar surface area (TPSA) is 46.5 Å². The van der Waals surface area contributed by atoms with Gasteiger partial charge in [-0.1, -0.05) is 0 Å². The molecule has 0 spiro atoms. The highest BCUT2D eigenvalue weighted by molar-refractivity contribution is 5.69. The first-order valence-electron chi connectivity index (χ1n) is 3.90. The number of carbonyl (C=O) groups is 1. The van der Waals surface area contributed by atoms with Gasteiger partial charge in [0.2, 0.25) is 0 Å². The van der Waals surface area contributed by atoms with Gasteiger partial charge >= 0.3 is 5.97 Å². The molecule has 0 heterocycles. The number of aliphatic hydroxyl groups excluding tert-OH is 1. The van der Waals surface area contributed by atoms with Crippen molar-refractivity contribution < 1.29 is 36.1 Å². The van der Waals surface area contributed by atoms with E-state index in [-0.39, 0.29) is 29.4 Å². The van der Waals surface area contributed by atoms with Crippen molar-refractivity contribution in [3.8, 4) is 0 Å². The highest BCUT2D eigenvalue weighted by Gasteiger charge is 2.18. The molecule has 0 aliphatic carbocycles. The monoisotopic (exact) mass is 255 g/mol. The number of rotatable bonds is 4. The molecule has 0 amide bonds. The fraction of sp³-hybridized carbons (Fsp3) is 0.875. The zero-order chi connectivity index (χ0) is 9.78. The second kappa shape index (κ2) is 6.34. The lowest BCUT2D eigenvalue weighted by molar-refractivity contribution is -0.873. The van der Waals surface area contributed by atoms with Crippen molar-refractivity contribution in [3.63, 3.8) is 0 Å². The normalized spacial score (nSPS) is 13.0. The Morgan fingerprint density at radius 3 is 2.23 bits per heavy atom. The van der Waals surface area contributed by atoms with E-state index >= 15 is 0 Å². The zero-order valence-electron chi connectivity index (χ0n) is 8.58. The number of methoxy groups -OCH3 is 1. The van der Waals surface area contributed by atoms with Gasteiger partial charge in [0, 0.05) is 0 Å². The van der Waals surface area contributed by atoms with E-state index in [0.29, 0.717) is 11.0 Å². The molecule has 0 aromatic carbocycles. The Bertz CT molecular complexity index is 156. The molecule has 1 atom stereocenters. The first-order valence-corrected chi connectivity index (χ1v) is 3.90. The van der Waals surface area contributed by atoms with Crippen molar-refractivity contribution in [2.45, 2.75) is 12.5 Å². The third-order valence-corrected chi connectivity index (χ3v) is 1.39. The van der Waals surface area contributed by atoms with Gasteiger partial charge in [-0.2, -0.15) is 0 Å². The summed E-state index contributed by atoms with van der Waals surface area (Å²) in [6.07, 6.45) is -0.538. The number of nitrogens with zero attached hydrogens (tertiary/aromatic N) is 1. The number of ether oxygens (including phenoxy) is 1. The molecule has 13 heavy (non-hydrogen) atoms. The van der Waals surface area contributed by atoms with Crippen LogP contribution >= 0.6 is 0 Å². The van der Waals surface area contributed by atoms with E-state index in [4.69, 9.17) is 0 Å². The van der Waals surface area contributed by atoms with Gasteiger partial charge in [0.05, 0.1) is 34.7 Å². The van der Waals surface area contributed by atoms with Gasteiger partial charge in [-0.15, -0.1) is 0 Å². The number of aliphatic hydroxyl groups is 1. The quantitative estimate of drug-likeness (QED) is 0.422. The summed E-state index contributed by atoms with van der Waals surface area (Å²) in [7, 11) is 7.20. The van der Waals surface area contributed by atoms with Crippen molar-refractivity contribution in [1.29, 1.82) is 0 Å². The van der Waals surface area contributed by atoms with Crippen molar-refractivity contribution in [3.05, 3.63) is 0 Å². The lowest BCUT2D eigenvalue weighted by Crippen LogP contribution is -3.00. The third-order valence-electron chi connectivity index (χ3n) is 1.39. The second-order valence-corrected chi connectivity index (χ2v) is 3.91. The van der Waals surface area contributed by atoms with Gasteiger partial charge in [0.1, 0.15) is 12.6 Å². The molecule has 0 unspecified atom stereocenters. The van der Waals surface area contributed by atoms with Gasteiger partial charge in [0.25, 0.3) is 0 Å². The molecular formula is C8H18BrNO3. The zero-order valence-corrected chi connectivity index (χ0v) is 10.2. The summed E-state index contributed by atoms with van der Waals surface area (Å²) in [5, 5.41) is 9.37. The number of halogens is 1. The van der Waals surface area contributed by atoms with Crippen LogP contribution in [-0.4, -0.2) is 56.5 Å². The molecular weight excluding hydrogens is 238 g/mol. The predicted molar refractivity (Wildman–Crippen MR) is 45.5 cm³/mol. The van der Waals surface area contributed by atoms with E-state index in [0.717, 1.165) is 0 Å². The van der Waals surface area contributed by atoms with Crippen LogP contribution in [0, 0.1) is 0 Å². The highest BCUT2D eigenvalue weighted by Crippen LogP contribution is 1.99. The van der Waals surface area contributed by atoms with E-state index in [1.807, 2.05) is 21.1 Å². The molecule has 0 saturated carbocycles. The maximum Gasteiger partial charge on any atom is 0.308 e. The maximum atomic E-state index is 10.7. The van der Waals surface area contributed by atoms with Crippen LogP contribution in [0.4, 0.5) is 0 Å². The number of hydrogen-bond acceptors (Lipinski definition) is 3. The lowest BCUT2D eigenvalue weighted by atomic mass is 10.2. The van der Waals surface area contributed by atoms with Gasteiger partial charge in [0.15, 0.2) is 0 Å². The summed E-state index contributed by atoms with van der Waals surface area (Å²) in [5.41, 5.74) is 0. The molecule has 0 bridgehead atoms. The van der Waals surface area contributed by atoms with Gasteiger partial charge in [-0.3, -0.25) is 4.79 Å². The van der Waals surface area contributed by atoms with Crippen molar-refractivity contribution in [2.75, 3.05) is 34.8 Å². The Hall–Kier alpha value is -0.130. The molecule has 5 heteroatoms. The maximum absolute atomic E-state index is 10.7. The van der Waals surface area contributed by atoms with E-state index in [9.17, 15) is 9.90 Å². The SMILES string of the molecule is COC(=O)C[C@@H](O)C[N+](C)(C)C.[Br-]. The molecule has 0 aromatic rings. The van der Waals surface area contributed by atoms with Gasteiger partial charge in [-0.25, -0.2) is 0 Å². The number of hydrogen-bond donors (Lipinski definition) is 1. The molecule has 0 aromatic heterocycles. The summed E-state index contributed by atoms with van der Waals surface area (Å²) in [4.78, 5) is 10.7. The Balaban J connectivity index is 0. The van der Waals surface area contributed by atoms with Crippen LogP contribution in [0.1, 0.15) is 6.42 Å². The molecule has 0 saturated heterocycles. The van der Waals surface area contributed by atoms with E-state index in [1.165, 1.54) is 7.11 Å². The van der Waals surface area contributed by atoms with Crippen LogP contribution in [0.15, 0.2) is 0 Å². The number of carbonyl (C=O) groups excluding carboxylic acids is 1. The standard InChI is InChI=1S/C8H18NO3.BrH/c1-9(2,3)6-7(10)5-8(11)12-4;/h7,10H,5-6H2,1-4H3;1H/q+1;/p-1/t7-;/m1./s1. The first-order chi connectivity index (χ1) is 5.35. The summed E-state index contributed by atoms with van der Waals surface area (Å²) in [5.74, 6) is -0.365. The van der Waals surface area contributed by atoms with Gasteiger partial charge in [-0.05, 0) is 0 Å². The third kappa shape index (κ3) is 9.79. The lowest BCUT2D eigenvalue weighted by Gasteiger charge is -2.26. The molecule has 0 aliphatic rings. The number of quaternary nitrogens is 1. The first kappa shape index (κ1) is 15.3. The average Bonchev–Trinajstić information content (AvgIpc) is 1.82. The van der Waals surface area contributed by atoms with Crippen LogP contribution in [0.5, 0.6) is 0 Å². The molecule has 0 aliphatic heterocycles. The van der Waals surface area contributed by atoms with Crippen LogP contribution in [0.25, 0.3) is 0 Å². The molecule has 1 N–H and O–H groups in total. The minimum atomic E-state index is -0.613. The van der Waals surface area contributed by atoms with E-state index in [2.05, 4.69) is 4.74 Å². The fourth-order valence-electron chi connectivity index (χ4n) is 0.973. The molecule has 0 rings (SSSR count). The second-order valence-electron chi connectivity index (χ2n) is 3.91. The van der Waals surface area contributed by atoms with Crippen molar-refractivity contribution in [1.82, 2.24) is 0 Å². The van der Waals surface area contributed by atoms with Crippen LogP contribution < -0.4 is 17.0 Å². The van der Waals surface area contributed by atoms with Crippen LogP contribution in [-0.2, 0) is 9.53 Å². The van der Waals surface area contributed by atoms with Crippen molar-refractivity contribution in [2.24, 2.45) is 0 Å². The molecule has 0 radical (unpaired) electrons. The Labute approximate surface area is 89.8 Å². The average molecular weight is 256 g/mol. The minimum absolute atomic E-state index is 0. The van der Waals surface area contributed by atoms with Crippen molar-refractivity contribution >= 4 is 5.97 Å². The number of likely N-dealkylation sites (N-methyl/N-ethyl adjacent to an activating group) is 1. The number of esters is 1. The summed E-state index contributed by atoms with van der Waals surface area (Å²) in [6.45, 7) is 0.551. The predicted octanol–water partition coefficient (Wildman–Crippen LogP) is -3.38.